The van der Waals surface area contributed by atoms with Gasteiger partial charge in [0.05, 0.1) is 5.92 Å². The summed E-state index contributed by atoms with van der Waals surface area (Å²) in [7, 11) is 0. The van der Waals surface area contributed by atoms with Gasteiger partial charge in [0.15, 0.2) is 0 Å². The van der Waals surface area contributed by atoms with Gasteiger partial charge in [0.25, 0.3) is 0 Å². The third kappa shape index (κ3) is 4.94. The third-order valence-electron chi connectivity index (χ3n) is 3.94. The maximum atomic E-state index is 12.2. The Balaban J connectivity index is 2.43. The summed E-state index contributed by atoms with van der Waals surface area (Å²) in [5, 5.41) is 12.0. The number of rotatable bonds is 5. The highest BCUT2D eigenvalue weighted by Crippen LogP contribution is 2.23. The minimum Gasteiger partial charge on any atom is -0.396 e. The van der Waals surface area contributed by atoms with Crippen LogP contribution in [0, 0.1) is 11.3 Å². The van der Waals surface area contributed by atoms with Crippen LogP contribution in [0.4, 0.5) is 0 Å². The predicted molar refractivity (Wildman–Crippen MR) is 73.0 cm³/mol. The minimum absolute atomic E-state index is 0.00783. The lowest BCUT2D eigenvalue weighted by atomic mass is 9.88. The van der Waals surface area contributed by atoms with Crippen LogP contribution in [0.1, 0.15) is 52.4 Å². The molecule has 18 heavy (non-hydrogen) atoms. The van der Waals surface area contributed by atoms with Crippen molar-refractivity contribution in [3.05, 3.63) is 0 Å². The SMILES string of the molecule is CC(C)(CCO)CNC(=O)C1CCCCCC1N. The van der Waals surface area contributed by atoms with E-state index in [1.54, 1.807) is 0 Å². The van der Waals surface area contributed by atoms with Crippen LogP contribution in [0.2, 0.25) is 0 Å². The first kappa shape index (κ1) is 15.4. The number of hydrogen-bond donors (Lipinski definition) is 3. The molecule has 4 N–H and O–H groups in total. The fourth-order valence-electron chi connectivity index (χ4n) is 2.51. The van der Waals surface area contributed by atoms with Gasteiger partial charge in [0.2, 0.25) is 5.91 Å². The van der Waals surface area contributed by atoms with Gasteiger partial charge in [-0.3, -0.25) is 4.79 Å². The molecule has 0 aliphatic heterocycles. The fraction of sp³-hybridized carbons (Fsp3) is 0.929. The molecule has 0 aromatic heterocycles. The molecule has 1 saturated carbocycles. The Morgan fingerprint density at radius 1 is 1.33 bits per heavy atom. The summed E-state index contributed by atoms with van der Waals surface area (Å²) >= 11 is 0. The molecule has 1 aliphatic rings. The summed E-state index contributed by atoms with van der Waals surface area (Å²) in [6.45, 7) is 4.87. The number of nitrogens with one attached hydrogen (secondary N) is 1. The summed E-state index contributed by atoms with van der Waals surface area (Å²) in [6, 6.07) is 0.00783. The Morgan fingerprint density at radius 3 is 2.67 bits per heavy atom. The molecular formula is C14H28N2O2. The van der Waals surface area contributed by atoms with Crippen LogP contribution in [0.5, 0.6) is 0 Å². The molecule has 1 aliphatic carbocycles. The van der Waals surface area contributed by atoms with Crippen molar-refractivity contribution in [2.24, 2.45) is 17.1 Å². The molecule has 4 heteroatoms. The van der Waals surface area contributed by atoms with E-state index in [0.29, 0.717) is 13.0 Å². The lowest BCUT2D eigenvalue weighted by molar-refractivity contribution is -0.126. The molecule has 0 saturated heterocycles. The number of nitrogens with two attached hydrogens (primary N) is 1. The zero-order chi connectivity index (χ0) is 13.6. The maximum Gasteiger partial charge on any atom is 0.224 e. The molecule has 1 fully saturated rings. The van der Waals surface area contributed by atoms with Gasteiger partial charge in [0, 0.05) is 19.2 Å². The van der Waals surface area contributed by atoms with Crippen molar-refractivity contribution in [2.75, 3.05) is 13.2 Å². The number of aliphatic hydroxyl groups is 1. The first-order valence-corrected chi connectivity index (χ1v) is 7.10. The van der Waals surface area contributed by atoms with Crippen molar-refractivity contribution in [1.82, 2.24) is 5.32 Å². The zero-order valence-electron chi connectivity index (χ0n) is 11.7. The highest BCUT2D eigenvalue weighted by atomic mass is 16.3. The summed E-state index contributed by atoms with van der Waals surface area (Å²) in [5.74, 6) is 0.0628. The first-order chi connectivity index (χ1) is 8.46. The van der Waals surface area contributed by atoms with E-state index in [-0.39, 0.29) is 29.9 Å². The molecule has 0 aromatic carbocycles. The van der Waals surface area contributed by atoms with Crippen LogP contribution >= 0.6 is 0 Å². The molecule has 1 amide bonds. The van der Waals surface area contributed by atoms with Crippen LogP contribution < -0.4 is 11.1 Å². The van der Waals surface area contributed by atoms with Crippen LogP contribution in [-0.4, -0.2) is 30.2 Å². The Kier molecular flexibility index (Phi) is 6.09. The maximum absolute atomic E-state index is 12.2. The molecule has 0 radical (unpaired) electrons. The van der Waals surface area contributed by atoms with E-state index < -0.39 is 0 Å². The van der Waals surface area contributed by atoms with Gasteiger partial charge in [-0.05, 0) is 24.7 Å². The summed E-state index contributed by atoms with van der Waals surface area (Å²) in [5.41, 5.74) is 6.02. The first-order valence-electron chi connectivity index (χ1n) is 7.10. The van der Waals surface area contributed by atoms with Gasteiger partial charge < -0.3 is 16.2 Å². The summed E-state index contributed by atoms with van der Waals surface area (Å²) < 4.78 is 0. The van der Waals surface area contributed by atoms with Gasteiger partial charge >= 0.3 is 0 Å². The Morgan fingerprint density at radius 2 is 2.00 bits per heavy atom. The molecule has 0 bridgehead atoms. The van der Waals surface area contributed by atoms with Crippen molar-refractivity contribution in [3.63, 3.8) is 0 Å². The van der Waals surface area contributed by atoms with Crippen LogP contribution in [0.15, 0.2) is 0 Å². The van der Waals surface area contributed by atoms with E-state index in [4.69, 9.17) is 10.8 Å². The van der Waals surface area contributed by atoms with Crippen molar-refractivity contribution in [3.8, 4) is 0 Å². The van der Waals surface area contributed by atoms with Crippen LogP contribution in [0.3, 0.4) is 0 Å². The zero-order valence-corrected chi connectivity index (χ0v) is 11.7. The second kappa shape index (κ2) is 7.10. The van der Waals surface area contributed by atoms with Gasteiger partial charge in [0.1, 0.15) is 0 Å². The minimum atomic E-state index is -0.0563. The average molecular weight is 256 g/mol. The largest absolute Gasteiger partial charge is 0.396 e. The van der Waals surface area contributed by atoms with E-state index in [1.165, 1.54) is 6.42 Å². The molecule has 1 rings (SSSR count). The molecule has 0 spiro atoms. The monoisotopic (exact) mass is 256 g/mol. The van der Waals surface area contributed by atoms with Gasteiger partial charge in [-0.15, -0.1) is 0 Å². The number of aliphatic hydroxyl groups excluding tert-OH is 1. The lowest BCUT2D eigenvalue weighted by Crippen LogP contribution is -2.44. The summed E-state index contributed by atoms with van der Waals surface area (Å²) in [4.78, 5) is 12.2. The third-order valence-corrected chi connectivity index (χ3v) is 3.94. The topological polar surface area (TPSA) is 75.3 Å². The van der Waals surface area contributed by atoms with Crippen molar-refractivity contribution in [1.29, 1.82) is 0 Å². The van der Waals surface area contributed by atoms with Crippen LogP contribution in [0.25, 0.3) is 0 Å². The smallest absolute Gasteiger partial charge is 0.224 e. The van der Waals surface area contributed by atoms with E-state index in [2.05, 4.69) is 19.2 Å². The fourth-order valence-corrected chi connectivity index (χ4v) is 2.51. The quantitative estimate of drug-likeness (QED) is 0.651. The Bertz CT molecular complexity index is 267. The molecule has 0 aromatic rings. The lowest BCUT2D eigenvalue weighted by Gasteiger charge is -2.27. The highest BCUT2D eigenvalue weighted by molar-refractivity contribution is 5.79. The van der Waals surface area contributed by atoms with E-state index in [0.717, 1.165) is 25.7 Å². The molecule has 2 unspecified atom stereocenters. The molecule has 4 nitrogen and oxygen atoms in total. The van der Waals surface area contributed by atoms with E-state index >= 15 is 0 Å². The molecule has 2 atom stereocenters. The van der Waals surface area contributed by atoms with Crippen molar-refractivity contribution >= 4 is 5.91 Å². The average Bonchev–Trinajstić information content (AvgIpc) is 2.51. The number of hydrogen-bond acceptors (Lipinski definition) is 3. The van der Waals surface area contributed by atoms with Crippen molar-refractivity contribution < 1.29 is 9.90 Å². The van der Waals surface area contributed by atoms with E-state index in [9.17, 15) is 4.79 Å². The second-order valence-electron chi connectivity index (χ2n) is 6.26. The van der Waals surface area contributed by atoms with Gasteiger partial charge in [-0.1, -0.05) is 33.1 Å². The van der Waals surface area contributed by atoms with Gasteiger partial charge in [-0.2, -0.15) is 0 Å². The molecule has 0 heterocycles. The highest BCUT2D eigenvalue weighted by Gasteiger charge is 2.28. The number of carbonyl (C=O) groups excluding carboxylic acids is 1. The normalized spacial score (nSPS) is 25.6. The molecule has 106 valence electrons. The van der Waals surface area contributed by atoms with Crippen LogP contribution in [-0.2, 0) is 4.79 Å². The number of carbonyl (C=O) groups is 1. The number of amides is 1. The van der Waals surface area contributed by atoms with Gasteiger partial charge in [-0.25, -0.2) is 0 Å². The standard InChI is InChI=1S/C14H28N2O2/c1-14(2,8-9-17)10-16-13(18)11-6-4-3-5-7-12(11)15/h11-12,17H,3-10,15H2,1-2H3,(H,16,18). The Hall–Kier alpha value is -0.610. The van der Waals surface area contributed by atoms with Crippen molar-refractivity contribution in [2.45, 2.75) is 58.4 Å². The molecular weight excluding hydrogens is 228 g/mol. The summed E-state index contributed by atoms with van der Waals surface area (Å²) in [6.07, 6.45) is 6.00. The predicted octanol–water partition coefficient (Wildman–Crippen LogP) is 1.42. The Labute approximate surface area is 110 Å². The second-order valence-corrected chi connectivity index (χ2v) is 6.26. The van der Waals surface area contributed by atoms with E-state index in [1.807, 2.05) is 0 Å².